The van der Waals surface area contributed by atoms with Crippen LogP contribution in [0.25, 0.3) is 0 Å². The van der Waals surface area contributed by atoms with E-state index >= 15 is 0 Å². The third kappa shape index (κ3) is 4.26. The quantitative estimate of drug-likeness (QED) is 0.824. The monoisotopic (exact) mass is 264 g/mol. The van der Waals surface area contributed by atoms with Crippen molar-refractivity contribution in [3.8, 4) is 11.8 Å². The van der Waals surface area contributed by atoms with Gasteiger partial charge in [0, 0.05) is 5.56 Å². The van der Waals surface area contributed by atoms with E-state index in [2.05, 4.69) is 30.9 Å². The molecule has 2 aromatic rings. The number of aliphatic hydroxyl groups is 1. The summed E-state index contributed by atoms with van der Waals surface area (Å²) in [5.74, 6) is 5.91. The van der Waals surface area contributed by atoms with Crippen molar-refractivity contribution in [2.24, 2.45) is 0 Å². The van der Waals surface area contributed by atoms with Gasteiger partial charge in [-0.2, -0.15) is 0 Å². The van der Waals surface area contributed by atoms with Gasteiger partial charge in [0.05, 0.1) is 0 Å². The van der Waals surface area contributed by atoms with Crippen LogP contribution in [0.3, 0.4) is 0 Å². The van der Waals surface area contributed by atoms with Crippen LogP contribution < -0.4 is 0 Å². The minimum absolute atomic E-state index is 0.726. The first kappa shape index (κ1) is 14.4. The molecule has 1 heteroatoms. The second-order valence-electron chi connectivity index (χ2n) is 4.88. The van der Waals surface area contributed by atoms with Crippen molar-refractivity contribution in [3.05, 3.63) is 71.3 Å². The molecule has 0 radical (unpaired) electrons. The molecule has 1 atom stereocenters. The first-order valence-corrected chi connectivity index (χ1v) is 7.13. The lowest BCUT2D eigenvalue weighted by atomic mass is 10.1. The van der Waals surface area contributed by atoms with Crippen LogP contribution in [0.2, 0.25) is 0 Å². The van der Waals surface area contributed by atoms with Crippen molar-refractivity contribution in [1.82, 2.24) is 0 Å². The second kappa shape index (κ2) is 7.53. The highest BCUT2D eigenvalue weighted by Gasteiger charge is 2.01. The fourth-order valence-corrected chi connectivity index (χ4v) is 2.01. The summed E-state index contributed by atoms with van der Waals surface area (Å²) in [7, 11) is 0. The summed E-state index contributed by atoms with van der Waals surface area (Å²) in [5.41, 5.74) is 3.13. The summed E-state index contributed by atoms with van der Waals surface area (Å²) >= 11 is 0. The number of aliphatic hydroxyl groups excluding tert-OH is 1. The maximum absolute atomic E-state index is 9.98. The number of aryl methyl sites for hydroxylation is 1. The molecule has 0 amide bonds. The second-order valence-corrected chi connectivity index (χ2v) is 4.88. The van der Waals surface area contributed by atoms with Crippen molar-refractivity contribution < 1.29 is 5.11 Å². The van der Waals surface area contributed by atoms with E-state index in [0.29, 0.717) is 0 Å². The van der Waals surface area contributed by atoms with E-state index in [1.807, 2.05) is 42.5 Å². The number of benzene rings is 2. The van der Waals surface area contributed by atoms with Gasteiger partial charge in [0.15, 0.2) is 0 Å². The Morgan fingerprint density at radius 1 is 1.00 bits per heavy atom. The number of hydrogen-bond acceptors (Lipinski definition) is 1. The molecule has 1 N–H and O–H groups in total. The zero-order chi connectivity index (χ0) is 14.2. The van der Waals surface area contributed by atoms with E-state index < -0.39 is 6.10 Å². The highest BCUT2D eigenvalue weighted by molar-refractivity contribution is 5.38. The summed E-state index contributed by atoms with van der Waals surface area (Å²) in [5, 5.41) is 9.98. The van der Waals surface area contributed by atoms with Crippen molar-refractivity contribution in [2.75, 3.05) is 0 Å². The summed E-state index contributed by atoms with van der Waals surface area (Å²) < 4.78 is 0. The predicted octanol–water partition coefficient (Wildman–Crippen LogP) is 4.11. The fraction of sp³-hybridized carbons (Fsp3) is 0.263. The maximum Gasteiger partial charge on any atom is 0.140 e. The van der Waals surface area contributed by atoms with E-state index in [1.165, 1.54) is 18.4 Å². The smallest absolute Gasteiger partial charge is 0.140 e. The lowest BCUT2D eigenvalue weighted by molar-refractivity contribution is 0.238. The van der Waals surface area contributed by atoms with Crippen LogP contribution in [0.15, 0.2) is 54.6 Å². The van der Waals surface area contributed by atoms with Crippen molar-refractivity contribution in [3.63, 3.8) is 0 Å². The van der Waals surface area contributed by atoms with Gasteiger partial charge in [-0.15, -0.1) is 0 Å². The van der Waals surface area contributed by atoms with E-state index in [-0.39, 0.29) is 0 Å². The summed E-state index contributed by atoms with van der Waals surface area (Å²) in [6.45, 7) is 2.20. The van der Waals surface area contributed by atoms with Crippen LogP contribution >= 0.6 is 0 Å². The molecule has 0 heterocycles. The van der Waals surface area contributed by atoms with Gasteiger partial charge in [-0.05, 0) is 36.1 Å². The molecule has 0 spiro atoms. The highest BCUT2D eigenvalue weighted by Crippen LogP contribution is 2.11. The molecular weight excluding hydrogens is 244 g/mol. The van der Waals surface area contributed by atoms with E-state index in [1.54, 1.807) is 0 Å². The maximum atomic E-state index is 9.98. The van der Waals surface area contributed by atoms with Crippen LogP contribution in [-0.2, 0) is 6.42 Å². The van der Waals surface area contributed by atoms with Gasteiger partial charge < -0.3 is 5.11 Å². The van der Waals surface area contributed by atoms with Crippen LogP contribution in [0.5, 0.6) is 0 Å². The van der Waals surface area contributed by atoms with Gasteiger partial charge in [0.2, 0.25) is 0 Å². The Labute approximate surface area is 121 Å². The zero-order valence-corrected chi connectivity index (χ0v) is 11.8. The van der Waals surface area contributed by atoms with Crippen LogP contribution in [0.4, 0.5) is 0 Å². The first-order chi connectivity index (χ1) is 9.79. The Kier molecular flexibility index (Phi) is 5.41. The molecule has 1 unspecified atom stereocenters. The molecule has 0 aliphatic heterocycles. The molecule has 0 aliphatic rings. The summed E-state index contributed by atoms with van der Waals surface area (Å²) in [6, 6.07) is 17.8. The lowest BCUT2D eigenvalue weighted by Gasteiger charge is -2.02. The molecule has 102 valence electrons. The average molecular weight is 264 g/mol. The van der Waals surface area contributed by atoms with Crippen molar-refractivity contribution >= 4 is 0 Å². The summed E-state index contributed by atoms with van der Waals surface area (Å²) in [6.07, 6.45) is 2.83. The van der Waals surface area contributed by atoms with Gasteiger partial charge in [-0.1, -0.05) is 67.6 Å². The Bertz CT molecular complexity index is 573. The van der Waals surface area contributed by atoms with Gasteiger partial charge in [-0.3, -0.25) is 0 Å². The minimum atomic E-state index is -0.726. The predicted molar refractivity (Wildman–Crippen MR) is 83.3 cm³/mol. The first-order valence-electron chi connectivity index (χ1n) is 7.13. The molecule has 0 saturated carbocycles. The molecule has 2 rings (SSSR count). The Hall–Kier alpha value is -2.04. The molecule has 2 aromatic carbocycles. The van der Waals surface area contributed by atoms with Crippen molar-refractivity contribution in [2.45, 2.75) is 32.3 Å². The molecular formula is C19H20O. The average Bonchev–Trinajstić information content (AvgIpc) is 2.52. The molecule has 0 fully saturated rings. The molecule has 0 aliphatic carbocycles. The van der Waals surface area contributed by atoms with E-state index in [4.69, 9.17) is 0 Å². The third-order valence-electron chi connectivity index (χ3n) is 3.24. The topological polar surface area (TPSA) is 20.2 Å². The van der Waals surface area contributed by atoms with Gasteiger partial charge in [0.1, 0.15) is 6.10 Å². The molecule has 20 heavy (non-hydrogen) atoms. The van der Waals surface area contributed by atoms with Crippen LogP contribution in [0.1, 0.15) is 42.6 Å². The minimum Gasteiger partial charge on any atom is -0.376 e. The largest absolute Gasteiger partial charge is 0.376 e. The number of hydrogen-bond donors (Lipinski definition) is 1. The van der Waals surface area contributed by atoms with Gasteiger partial charge >= 0.3 is 0 Å². The van der Waals surface area contributed by atoms with E-state index in [9.17, 15) is 5.11 Å². The Morgan fingerprint density at radius 2 is 1.70 bits per heavy atom. The molecule has 1 nitrogen and oxygen atoms in total. The Morgan fingerprint density at radius 3 is 2.35 bits per heavy atom. The lowest BCUT2D eigenvalue weighted by Crippen LogP contribution is -1.92. The van der Waals surface area contributed by atoms with Gasteiger partial charge in [-0.25, -0.2) is 0 Å². The normalized spacial score (nSPS) is 11.5. The van der Waals surface area contributed by atoms with Gasteiger partial charge in [0.25, 0.3) is 0 Å². The Balaban J connectivity index is 2.02. The molecule has 0 aromatic heterocycles. The standard InChI is InChI=1S/C19H20O/c1-2-3-7-16-10-12-17(13-11-16)14-15-19(20)18-8-5-4-6-9-18/h4-6,8-13,19-20H,2-3,7H2,1H3. The fourth-order valence-electron chi connectivity index (χ4n) is 2.01. The van der Waals surface area contributed by atoms with Crippen molar-refractivity contribution in [1.29, 1.82) is 0 Å². The zero-order valence-electron chi connectivity index (χ0n) is 11.8. The SMILES string of the molecule is CCCCc1ccc(C#CC(O)c2ccccc2)cc1. The molecule has 0 bridgehead atoms. The van der Waals surface area contributed by atoms with E-state index in [0.717, 1.165) is 17.5 Å². The van der Waals surface area contributed by atoms with Crippen LogP contribution in [-0.4, -0.2) is 5.11 Å². The third-order valence-corrected chi connectivity index (χ3v) is 3.24. The molecule has 0 saturated heterocycles. The number of unbranched alkanes of at least 4 members (excludes halogenated alkanes) is 1. The summed E-state index contributed by atoms with van der Waals surface area (Å²) in [4.78, 5) is 0. The highest BCUT2D eigenvalue weighted by atomic mass is 16.3. The number of rotatable bonds is 4. The van der Waals surface area contributed by atoms with Crippen LogP contribution in [0, 0.1) is 11.8 Å².